The minimum atomic E-state index is -4.67. The van der Waals surface area contributed by atoms with Gasteiger partial charge in [-0.15, -0.1) is 0 Å². The summed E-state index contributed by atoms with van der Waals surface area (Å²) in [6, 6.07) is 3.77. The summed E-state index contributed by atoms with van der Waals surface area (Å²) >= 11 is 0. The van der Waals surface area contributed by atoms with E-state index in [-0.39, 0.29) is 42.5 Å². The molecule has 1 atom stereocenters. The largest absolute Gasteiger partial charge is 0.465 e. The molecule has 2 amide bonds. The quantitative estimate of drug-likeness (QED) is 0.615. The summed E-state index contributed by atoms with van der Waals surface area (Å²) in [6.07, 6.45) is -1.09. The number of carbonyl (C=O) groups is 2. The van der Waals surface area contributed by atoms with Crippen molar-refractivity contribution in [2.45, 2.75) is 76.6 Å². The van der Waals surface area contributed by atoms with Crippen molar-refractivity contribution < 1.29 is 33.0 Å². The number of anilines is 2. The van der Waals surface area contributed by atoms with Gasteiger partial charge in [0.1, 0.15) is 0 Å². The van der Waals surface area contributed by atoms with Gasteiger partial charge >= 0.3 is 12.3 Å². The Morgan fingerprint density at radius 3 is 2.51 bits per heavy atom. The van der Waals surface area contributed by atoms with E-state index in [4.69, 9.17) is 0 Å². The summed E-state index contributed by atoms with van der Waals surface area (Å²) in [5.41, 5.74) is -1.59. The summed E-state index contributed by atoms with van der Waals surface area (Å²) < 4.78 is 42.4. The van der Waals surface area contributed by atoms with E-state index in [1.165, 1.54) is 12.1 Å². The van der Waals surface area contributed by atoms with E-state index < -0.39 is 23.2 Å². The van der Waals surface area contributed by atoms with E-state index in [9.17, 15) is 33.0 Å². The number of aliphatic hydroxyl groups is 1. The Balaban J connectivity index is 1.59. The first-order valence-electron chi connectivity index (χ1n) is 12.5. The zero-order chi connectivity index (χ0) is 25.4. The molecule has 0 bridgehead atoms. The number of halogens is 3. The molecule has 2 saturated heterocycles. The van der Waals surface area contributed by atoms with Crippen LogP contribution in [0.3, 0.4) is 0 Å². The van der Waals surface area contributed by atoms with Crippen LogP contribution in [-0.4, -0.2) is 65.4 Å². The maximum atomic E-state index is 14.1. The van der Waals surface area contributed by atoms with Crippen LogP contribution in [0.5, 0.6) is 0 Å². The molecule has 3 fully saturated rings. The third-order valence-electron chi connectivity index (χ3n) is 7.85. The molecule has 1 aliphatic carbocycles. The smallest absolute Gasteiger partial charge is 0.418 e. The fourth-order valence-corrected chi connectivity index (χ4v) is 6.04. The molecule has 1 aromatic rings. The average Bonchev–Trinajstić information content (AvgIpc) is 3.12. The van der Waals surface area contributed by atoms with Gasteiger partial charge in [-0.25, -0.2) is 4.79 Å². The minimum absolute atomic E-state index is 0.00537. The Bertz CT molecular complexity index is 948. The molecule has 2 heterocycles. The van der Waals surface area contributed by atoms with E-state index in [0.717, 1.165) is 23.8 Å². The number of amides is 2. The SMILES string of the molecule is CCCN(C(=O)O)c1ccc(N2CCCC3(CCN([C@H]4CC[C@H](O)CC4)C3=O)C2)c(C(F)(F)F)c1. The van der Waals surface area contributed by atoms with Gasteiger partial charge in [0.2, 0.25) is 5.91 Å². The zero-order valence-corrected chi connectivity index (χ0v) is 20.1. The molecule has 1 spiro atoms. The number of rotatable bonds is 5. The summed E-state index contributed by atoms with van der Waals surface area (Å²) in [7, 11) is 0. The number of benzene rings is 1. The van der Waals surface area contributed by atoms with E-state index in [1.807, 2.05) is 4.90 Å². The molecule has 1 aromatic carbocycles. The lowest BCUT2D eigenvalue weighted by Gasteiger charge is -2.42. The normalized spacial score (nSPS) is 27.5. The number of aliphatic hydroxyl groups excluding tert-OH is 1. The summed E-state index contributed by atoms with van der Waals surface area (Å²) in [4.78, 5) is 29.6. The van der Waals surface area contributed by atoms with Crippen LogP contribution in [0.2, 0.25) is 0 Å². The average molecular weight is 498 g/mol. The fraction of sp³-hybridized carbons (Fsp3) is 0.680. The number of piperidine rings is 1. The fourth-order valence-electron chi connectivity index (χ4n) is 6.04. The second-order valence-corrected chi connectivity index (χ2v) is 10.1. The van der Waals surface area contributed by atoms with Gasteiger partial charge < -0.3 is 20.0 Å². The molecule has 1 unspecified atom stereocenters. The highest BCUT2D eigenvalue weighted by atomic mass is 19.4. The van der Waals surface area contributed by atoms with E-state index in [1.54, 1.807) is 11.8 Å². The standard InChI is InChI=1S/C25H34F3N3O4/c1-2-12-31(23(34)35)18-6-9-21(20(15-18)25(26,27)28)29-13-3-10-24(16-29)11-14-30(22(24)33)17-4-7-19(32)8-5-17/h6,9,15,17,19,32H,2-5,7-8,10-14,16H2,1H3,(H,34,35)/t17-,19-,24?. The van der Waals surface area contributed by atoms with Crippen molar-refractivity contribution in [3.05, 3.63) is 23.8 Å². The minimum Gasteiger partial charge on any atom is -0.465 e. The molecule has 2 aliphatic heterocycles. The molecule has 0 radical (unpaired) electrons. The molecule has 4 rings (SSSR count). The van der Waals surface area contributed by atoms with Crippen molar-refractivity contribution in [2.75, 3.05) is 36.0 Å². The predicted octanol–water partition coefficient (Wildman–Crippen LogP) is 4.72. The van der Waals surface area contributed by atoms with Gasteiger partial charge in [0.25, 0.3) is 0 Å². The monoisotopic (exact) mass is 497 g/mol. The molecule has 10 heteroatoms. The lowest BCUT2D eigenvalue weighted by molar-refractivity contribution is -0.139. The van der Waals surface area contributed by atoms with Crippen molar-refractivity contribution in [1.29, 1.82) is 0 Å². The third kappa shape index (κ3) is 5.08. The van der Waals surface area contributed by atoms with Crippen LogP contribution in [0.15, 0.2) is 18.2 Å². The lowest BCUT2D eigenvalue weighted by Crippen LogP contribution is -2.50. The van der Waals surface area contributed by atoms with Gasteiger partial charge in [0.05, 0.1) is 17.1 Å². The number of nitrogens with zero attached hydrogens (tertiary/aromatic N) is 3. The predicted molar refractivity (Wildman–Crippen MR) is 126 cm³/mol. The van der Waals surface area contributed by atoms with Gasteiger partial charge in [-0.1, -0.05) is 6.92 Å². The molecular weight excluding hydrogens is 463 g/mol. The van der Waals surface area contributed by atoms with Crippen LogP contribution < -0.4 is 9.80 Å². The van der Waals surface area contributed by atoms with Crippen LogP contribution >= 0.6 is 0 Å². The van der Waals surface area contributed by atoms with Crippen LogP contribution in [0.25, 0.3) is 0 Å². The number of hydrogen-bond donors (Lipinski definition) is 2. The Kier molecular flexibility index (Phi) is 7.22. The highest BCUT2D eigenvalue weighted by Crippen LogP contribution is 2.46. The second-order valence-electron chi connectivity index (χ2n) is 10.1. The maximum absolute atomic E-state index is 14.1. The van der Waals surface area contributed by atoms with Crippen molar-refractivity contribution >= 4 is 23.4 Å². The lowest BCUT2D eigenvalue weighted by atomic mass is 9.78. The second kappa shape index (κ2) is 9.87. The molecule has 0 aromatic heterocycles. The maximum Gasteiger partial charge on any atom is 0.418 e. The van der Waals surface area contributed by atoms with Gasteiger partial charge in [0.15, 0.2) is 0 Å². The first-order chi connectivity index (χ1) is 16.6. The number of carboxylic acid groups (broad SMARTS) is 1. The van der Waals surface area contributed by atoms with Gasteiger partial charge in [-0.3, -0.25) is 9.69 Å². The van der Waals surface area contributed by atoms with Crippen LogP contribution in [0, 0.1) is 5.41 Å². The topological polar surface area (TPSA) is 84.3 Å². The number of hydrogen-bond acceptors (Lipinski definition) is 4. The van der Waals surface area contributed by atoms with Crippen LogP contribution in [0.1, 0.15) is 63.9 Å². The molecule has 7 nitrogen and oxygen atoms in total. The number of carbonyl (C=O) groups excluding carboxylic acids is 1. The van der Waals surface area contributed by atoms with Crippen molar-refractivity contribution in [2.24, 2.45) is 5.41 Å². The third-order valence-corrected chi connectivity index (χ3v) is 7.85. The summed E-state index contributed by atoms with van der Waals surface area (Å²) in [6.45, 7) is 3.09. The Morgan fingerprint density at radius 2 is 1.89 bits per heavy atom. The van der Waals surface area contributed by atoms with Gasteiger partial charge in [-0.05, 0) is 69.6 Å². The van der Waals surface area contributed by atoms with Gasteiger partial charge in [-0.2, -0.15) is 13.2 Å². The molecule has 3 aliphatic rings. The van der Waals surface area contributed by atoms with Crippen LogP contribution in [-0.2, 0) is 11.0 Å². The molecule has 194 valence electrons. The summed E-state index contributed by atoms with van der Waals surface area (Å²) in [5.74, 6) is 0.0220. The molecular formula is C25H34F3N3O4. The first kappa shape index (κ1) is 25.6. The number of alkyl halides is 3. The molecule has 35 heavy (non-hydrogen) atoms. The molecule has 2 N–H and O–H groups in total. The van der Waals surface area contributed by atoms with E-state index in [0.29, 0.717) is 51.6 Å². The van der Waals surface area contributed by atoms with E-state index >= 15 is 0 Å². The highest BCUT2D eigenvalue weighted by Gasteiger charge is 2.51. The van der Waals surface area contributed by atoms with Crippen molar-refractivity contribution in [1.82, 2.24) is 4.90 Å². The van der Waals surface area contributed by atoms with Crippen LogP contribution in [0.4, 0.5) is 29.3 Å². The van der Waals surface area contributed by atoms with Crippen molar-refractivity contribution in [3.63, 3.8) is 0 Å². The first-order valence-corrected chi connectivity index (χ1v) is 12.5. The van der Waals surface area contributed by atoms with Gasteiger partial charge in [0, 0.05) is 43.6 Å². The van der Waals surface area contributed by atoms with Crippen molar-refractivity contribution in [3.8, 4) is 0 Å². The Hall–Kier alpha value is -2.49. The Labute approximate surface area is 203 Å². The number of likely N-dealkylation sites (tertiary alicyclic amines) is 1. The Morgan fingerprint density at radius 1 is 1.17 bits per heavy atom. The summed E-state index contributed by atoms with van der Waals surface area (Å²) in [5, 5.41) is 19.3. The molecule has 1 saturated carbocycles. The van der Waals surface area contributed by atoms with E-state index in [2.05, 4.69) is 0 Å². The highest BCUT2D eigenvalue weighted by molar-refractivity contribution is 5.88. The zero-order valence-electron chi connectivity index (χ0n) is 20.1.